The lowest BCUT2D eigenvalue weighted by atomic mass is 9.46. The van der Waals surface area contributed by atoms with Crippen molar-refractivity contribution in [1.29, 1.82) is 0 Å². The highest BCUT2D eigenvalue weighted by atomic mass is 16.5. The largest absolute Gasteiger partial charge is 0.465 e. The van der Waals surface area contributed by atoms with Crippen LogP contribution in [0.2, 0.25) is 0 Å². The minimum Gasteiger partial charge on any atom is -0.465 e. The first-order valence-corrected chi connectivity index (χ1v) is 9.37. The lowest BCUT2D eigenvalue weighted by molar-refractivity contribution is -0.158. The minimum absolute atomic E-state index is 0.0315. The Morgan fingerprint density at radius 1 is 1.04 bits per heavy atom. The second-order valence-corrected chi connectivity index (χ2v) is 8.20. The zero-order valence-electron chi connectivity index (χ0n) is 14.4. The normalized spacial score (nSPS) is 34.8. The first-order chi connectivity index (χ1) is 11.6. The first-order valence-electron chi connectivity index (χ1n) is 9.37. The number of ether oxygens (including phenoxy) is 1. The molecule has 4 aliphatic rings. The lowest BCUT2D eigenvalue weighted by Gasteiger charge is -2.58. The van der Waals surface area contributed by atoms with E-state index in [1.165, 1.54) is 19.3 Å². The molecule has 5 rings (SSSR count). The summed E-state index contributed by atoms with van der Waals surface area (Å²) in [5.41, 5.74) is 0.486. The third-order valence-corrected chi connectivity index (χ3v) is 6.54. The van der Waals surface area contributed by atoms with Gasteiger partial charge in [-0.1, -0.05) is 30.3 Å². The molecule has 4 saturated carbocycles. The standard InChI is InChI=1S/C21H26O3/c1-2-24-20(23)18(19(22)17-6-4-3-5-7-17)21-11-14-8-15(12-21)10-16(9-14)13-21/h3-7,14-16,18H,2,8-13H2,1H3. The number of esters is 1. The second-order valence-electron chi connectivity index (χ2n) is 8.20. The second kappa shape index (κ2) is 6.02. The molecule has 1 unspecified atom stereocenters. The highest BCUT2D eigenvalue weighted by molar-refractivity contribution is 6.09. The van der Waals surface area contributed by atoms with Crippen LogP contribution in [0, 0.1) is 29.1 Å². The van der Waals surface area contributed by atoms with Gasteiger partial charge in [0.05, 0.1) is 6.61 Å². The van der Waals surface area contributed by atoms with E-state index in [4.69, 9.17) is 4.74 Å². The molecule has 0 saturated heterocycles. The molecule has 1 atom stereocenters. The third kappa shape index (κ3) is 2.58. The predicted octanol–water partition coefficient (Wildman–Crippen LogP) is 4.27. The average molecular weight is 326 g/mol. The van der Waals surface area contributed by atoms with Gasteiger partial charge in [-0.05, 0) is 68.6 Å². The Morgan fingerprint density at radius 2 is 1.58 bits per heavy atom. The summed E-state index contributed by atoms with van der Waals surface area (Å²) >= 11 is 0. The Kier molecular flexibility index (Phi) is 3.98. The lowest BCUT2D eigenvalue weighted by Crippen LogP contribution is -2.53. The molecule has 0 aromatic heterocycles. The maximum Gasteiger partial charge on any atom is 0.317 e. The molecule has 0 radical (unpaired) electrons. The fourth-order valence-corrected chi connectivity index (χ4v) is 6.16. The fourth-order valence-electron chi connectivity index (χ4n) is 6.16. The van der Waals surface area contributed by atoms with Crippen LogP contribution in [-0.4, -0.2) is 18.4 Å². The van der Waals surface area contributed by atoms with Crippen molar-refractivity contribution < 1.29 is 14.3 Å². The van der Waals surface area contributed by atoms with Gasteiger partial charge in [-0.2, -0.15) is 0 Å². The number of carbonyl (C=O) groups excluding carboxylic acids is 2. The van der Waals surface area contributed by atoms with Crippen molar-refractivity contribution in [2.75, 3.05) is 6.61 Å². The summed E-state index contributed by atoms with van der Waals surface area (Å²) in [5.74, 6) is 1.17. The number of rotatable bonds is 5. The Morgan fingerprint density at radius 3 is 2.08 bits per heavy atom. The minimum atomic E-state index is -0.617. The van der Waals surface area contributed by atoms with E-state index in [1.54, 1.807) is 0 Å². The Balaban J connectivity index is 1.71. The Labute approximate surface area is 143 Å². The topological polar surface area (TPSA) is 43.4 Å². The van der Waals surface area contributed by atoms with Gasteiger partial charge in [-0.15, -0.1) is 0 Å². The highest BCUT2D eigenvalue weighted by Gasteiger charge is 2.58. The van der Waals surface area contributed by atoms with Gasteiger partial charge in [0.2, 0.25) is 0 Å². The van der Waals surface area contributed by atoms with E-state index in [-0.39, 0.29) is 17.2 Å². The van der Waals surface area contributed by atoms with E-state index >= 15 is 0 Å². The van der Waals surface area contributed by atoms with E-state index < -0.39 is 5.92 Å². The van der Waals surface area contributed by atoms with Gasteiger partial charge in [0, 0.05) is 5.56 Å². The van der Waals surface area contributed by atoms with Crippen molar-refractivity contribution >= 4 is 11.8 Å². The van der Waals surface area contributed by atoms with Gasteiger partial charge < -0.3 is 4.74 Å². The van der Waals surface area contributed by atoms with Crippen LogP contribution in [0.1, 0.15) is 55.8 Å². The molecule has 0 aliphatic heterocycles. The molecule has 1 aromatic rings. The maximum absolute atomic E-state index is 13.3. The summed E-state index contributed by atoms with van der Waals surface area (Å²) < 4.78 is 5.38. The van der Waals surface area contributed by atoms with Crippen molar-refractivity contribution in [3.05, 3.63) is 35.9 Å². The molecular formula is C21H26O3. The molecular weight excluding hydrogens is 300 g/mol. The molecule has 4 fully saturated rings. The third-order valence-electron chi connectivity index (χ3n) is 6.54. The molecule has 0 amide bonds. The number of hydrogen-bond acceptors (Lipinski definition) is 3. The first kappa shape index (κ1) is 15.9. The van der Waals surface area contributed by atoms with Crippen molar-refractivity contribution in [1.82, 2.24) is 0 Å². The maximum atomic E-state index is 13.3. The van der Waals surface area contributed by atoms with Crippen LogP contribution in [0.3, 0.4) is 0 Å². The van der Waals surface area contributed by atoms with Gasteiger partial charge >= 0.3 is 5.97 Å². The molecule has 0 heterocycles. The van der Waals surface area contributed by atoms with Crippen molar-refractivity contribution in [2.45, 2.75) is 45.4 Å². The van der Waals surface area contributed by atoms with Gasteiger partial charge in [0.15, 0.2) is 5.78 Å². The van der Waals surface area contributed by atoms with Crippen LogP contribution in [0.15, 0.2) is 30.3 Å². The Hall–Kier alpha value is -1.64. The van der Waals surface area contributed by atoms with Gasteiger partial charge in [-0.3, -0.25) is 9.59 Å². The zero-order chi connectivity index (χ0) is 16.7. The molecule has 0 N–H and O–H groups in total. The molecule has 3 nitrogen and oxygen atoms in total. The van der Waals surface area contributed by atoms with Crippen LogP contribution in [0.25, 0.3) is 0 Å². The molecule has 24 heavy (non-hydrogen) atoms. The predicted molar refractivity (Wildman–Crippen MR) is 91.5 cm³/mol. The average Bonchev–Trinajstić information content (AvgIpc) is 2.54. The van der Waals surface area contributed by atoms with Crippen molar-refractivity contribution in [3.8, 4) is 0 Å². The SMILES string of the molecule is CCOC(=O)C(C(=O)c1ccccc1)C12CC3CC(CC(C3)C1)C2. The summed E-state index contributed by atoms with van der Waals surface area (Å²) in [7, 11) is 0. The van der Waals surface area contributed by atoms with Crippen LogP contribution in [0.5, 0.6) is 0 Å². The smallest absolute Gasteiger partial charge is 0.317 e. The number of carbonyl (C=O) groups is 2. The van der Waals surface area contributed by atoms with Crippen LogP contribution < -0.4 is 0 Å². The molecule has 128 valence electrons. The number of Topliss-reactive ketones (excluding diaryl/α,β-unsaturated/α-hetero) is 1. The molecule has 3 heteroatoms. The van der Waals surface area contributed by atoms with Gasteiger partial charge in [0.25, 0.3) is 0 Å². The van der Waals surface area contributed by atoms with E-state index in [2.05, 4.69) is 0 Å². The van der Waals surface area contributed by atoms with Crippen molar-refractivity contribution in [3.63, 3.8) is 0 Å². The molecule has 1 aromatic carbocycles. The summed E-state index contributed by atoms with van der Waals surface area (Å²) in [4.78, 5) is 26.1. The van der Waals surface area contributed by atoms with E-state index in [0.717, 1.165) is 19.3 Å². The quantitative estimate of drug-likeness (QED) is 0.461. The van der Waals surface area contributed by atoms with E-state index in [0.29, 0.717) is 29.9 Å². The monoisotopic (exact) mass is 326 g/mol. The van der Waals surface area contributed by atoms with E-state index in [1.807, 2.05) is 37.3 Å². The summed E-state index contributed by atoms with van der Waals surface area (Å²) in [6.45, 7) is 2.16. The number of hydrogen-bond donors (Lipinski definition) is 0. The van der Waals surface area contributed by atoms with Crippen LogP contribution in [0.4, 0.5) is 0 Å². The summed E-state index contributed by atoms with van der Waals surface area (Å²) in [6, 6.07) is 9.30. The van der Waals surface area contributed by atoms with Gasteiger partial charge in [-0.25, -0.2) is 0 Å². The zero-order valence-corrected chi connectivity index (χ0v) is 14.4. The number of ketones is 1. The van der Waals surface area contributed by atoms with Crippen LogP contribution >= 0.6 is 0 Å². The summed E-state index contributed by atoms with van der Waals surface area (Å²) in [5, 5.41) is 0. The summed E-state index contributed by atoms with van der Waals surface area (Å²) in [6.07, 6.45) is 6.99. The van der Waals surface area contributed by atoms with Crippen LogP contribution in [-0.2, 0) is 9.53 Å². The molecule has 4 aliphatic carbocycles. The Bertz CT molecular complexity index is 598. The number of benzene rings is 1. The fraction of sp³-hybridized carbons (Fsp3) is 0.619. The van der Waals surface area contributed by atoms with Gasteiger partial charge in [0.1, 0.15) is 5.92 Å². The van der Waals surface area contributed by atoms with Crippen molar-refractivity contribution in [2.24, 2.45) is 29.1 Å². The highest BCUT2D eigenvalue weighted by Crippen LogP contribution is 2.63. The molecule has 0 spiro atoms. The van der Waals surface area contributed by atoms with E-state index in [9.17, 15) is 9.59 Å². The molecule has 4 bridgehead atoms.